The maximum atomic E-state index is 5.90. The molecule has 0 saturated carbocycles. The minimum absolute atomic E-state index is 0.149. The van der Waals surface area contributed by atoms with Crippen LogP contribution in [0.5, 0.6) is 0 Å². The van der Waals surface area contributed by atoms with Crippen LogP contribution in [0.2, 0.25) is 4.34 Å². The number of nitrogens with zero attached hydrogens (tertiary/aromatic N) is 2. The van der Waals surface area contributed by atoms with Crippen molar-refractivity contribution in [1.29, 1.82) is 0 Å². The Labute approximate surface area is 113 Å². The Morgan fingerprint density at radius 3 is 2.71 bits per heavy atom. The Balaban J connectivity index is 2.60. The Morgan fingerprint density at radius 1 is 1.53 bits per heavy atom. The van der Waals surface area contributed by atoms with E-state index in [1.165, 1.54) is 0 Å². The second-order valence-corrected chi connectivity index (χ2v) is 6.88. The van der Waals surface area contributed by atoms with Crippen molar-refractivity contribution < 1.29 is 0 Å². The van der Waals surface area contributed by atoms with E-state index in [1.54, 1.807) is 17.5 Å². The first-order valence-corrected chi connectivity index (χ1v) is 7.19. The van der Waals surface area contributed by atoms with Gasteiger partial charge in [0.1, 0.15) is 9.34 Å². The normalized spacial score (nSPS) is 12.4. The lowest BCUT2D eigenvalue weighted by Crippen LogP contribution is -2.38. The SMILES string of the molecule is CCCN(Cc1ncc(Cl)s1)CC(C)(C)CN. The monoisotopic (exact) mass is 275 g/mol. The van der Waals surface area contributed by atoms with Crippen LogP contribution in [-0.2, 0) is 6.54 Å². The minimum Gasteiger partial charge on any atom is -0.330 e. The first-order chi connectivity index (χ1) is 7.96. The van der Waals surface area contributed by atoms with E-state index in [2.05, 4.69) is 30.7 Å². The first-order valence-electron chi connectivity index (χ1n) is 5.99. The molecule has 0 bridgehead atoms. The number of thiazole rings is 1. The molecule has 0 aliphatic heterocycles. The topological polar surface area (TPSA) is 42.2 Å². The van der Waals surface area contributed by atoms with E-state index in [-0.39, 0.29) is 5.41 Å². The van der Waals surface area contributed by atoms with Crippen LogP contribution in [0.25, 0.3) is 0 Å². The molecule has 0 unspecified atom stereocenters. The second-order valence-electron chi connectivity index (χ2n) is 5.14. The van der Waals surface area contributed by atoms with Crippen LogP contribution in [-0.4, -0.2) is 29.5 Å². The molecule has 98 valence electrons. The fraction of sp³-hybridized carbons (Fsp3) is 0.750. The van der Waals surface area contributed by atoms with E-state index in [9.17, 15) is 0 Å². The smallest absolute Gasteiger partial charge is 0.113 e. The number of rotatable bonds is 7. The van der Waals surface area contributed by atoms with Crippen molar-refractivity contribution in [2.45, 2.75) is 33.7 Å². The molecule has 1 heterocycles. The van der Waals surface area contributed by atoms with Gasteiger partial charge in [-0.3, -0.25) is 4.90 Å². The standard InChI is InChI=1S/C12H22ClN3S/c1-4-5-16(9-12(2,3)8-14)7-11-15-6-10(13)17-11/h6H,4-5,7-9,14H2,1-3H3. The Morgan fingerprint density at radius 2 is 2.24 bits per heavy atom. The third kappa shape index (κ3) is 5.34. The zero-order valence-electron chi connectivity index (χ0n) is 10.9. The van der Waals surface area contributed by atoms with Crippen LogP contribution in [0.4, 0.5) is 0 Å². The van der Waals surface area contributed by atoms with Gasteiger partial charge in [-0.1, -0.05) is 32.4 Å². The molecule has 5 heteroatoms. The highest BCUT2D eigenvalue weighted by Gasteiger charge is 2.20. The molecule has 0 aromatic carbocycles. The minimum atomic E-state index is 0.149. The van der Waals surface area contributed by atoms with Crippen LogP contribution < -0.4 is 5.73 Å². The quantitative estimate of drug-likeness (QED) is 0.832. The molecule has 0 atom stereocenters. The molecule has 2 N–H and O–H groups in total. The third-order valence-corrected chi connectivity index (χ3v) is 3.73. The summed E-state index contributed by atoms with van der Waals surface area (Å²) < 4.78 is 0.759. The number of halogens is 1. The van der Waals surface area contributed by atoms with E-state index in [0.717, 1.165) is 35.4 Å². The maximum absolute atomic E-state index is 5.90. The molecule has 1 aromatic rings. The molecule has 1 rings (SSSR count). The second kappa shape index (κ2) is 6.69. The van der Waals surface area contributed by atoms with E-state index >= 15 is 0 Å². The van der Waals surface area contributed by atoms with Crippen molar-refractivity contribution in [3.8, 4) is 0 Å². The predicted molar refractivity (Wildman–Crippen MR) is 75.5 cm³/mol. The van der Waals surface area contributed by atoms with Crippen LogP contribution >= 0.6 is 22.9 Å². The highest BCUT2D eigenvalue weighted by molar-refractivity contribution is 7.15. The van der Waals surface area contributed by atoms with E-state index in [4.69, 9.17) is 17.3 Å². The third-order valence-electron chi connectivity index (χ3n) is 2.63. The molecule has 0 radical (unpaired) electrons. The van der Waals surface area contributed by atoms with Gasteiger partial charge in [-0.25, -0.2) is 4.98 Å². The van der Waals surface area contributed by atoms with Gasteiger partial charge >= 0.3 is 0 Å². The summed E-state index contributed by atoms with van der Waals surface area (Å²) in [5.74, 6) is 0. The molecule has 3 nitrogen and oxygen atoms in total. The summed E-state index contributed by atoms with van der Waals surface area (Å²) in [4.78, 5) is 6.71. The lowest BCUT2D eigenvalue weighted by molar-refractivity contribution is 0.176. The Kier molecular flexibility index (Phi) is 5.86. The van der Waals surface area contributed by atoms with Gasteiger partial charge < -0.3 is 5.73 Å². The van der Waals surface area contributed by atoms with E-state index in [1.807, 2.05) is 0 Å². The molecule has 0 aliphatic rings. The molecule has 0 amide bonds. The summed E-state index contributed by atoms with van der Waals surface area (Å²) in [7, 11) is 0. The fourth-order valence-electron chi connectivity index (χ4n) is 1.75. The summed E-state index contributed by atoms with van der Waals surface area (Å²) in [6.07, 6.45) is 2.86. The largest absolute Gasteiger partial charge is 0.330 e. The fourth-order valence-corrected chi connectivity index (χ4v) is 2.75. The molecule has 0 saturated heterocycles. The van der Waals surface area contributed by atoms with E-state index in [0.29, 0.717) is 6.54 Å². The summed E-state index contributed by atoms with van der Waals surface area (Å²) >= 11 is 7.46. The summed E-state index contributed by atoms with van der Waals surface area (Å²) in [5.41, 5.74) is 5.94. The van der Waals surface area contributed by atoms with Crippen LogP contribution in [0.1, 0.15) is 32.2 Å². The molecule has 1 aromatic heterocycles. The summed E-state index contributed by atoms with van der Waals surface area (Å²) in [6, 6.07) is 0. The molecule has 0 spiro atoms. The van der Waals surface area contributed by atoms with Crippen molar-refractivity contribution in [2.75, 3.05) is 19.6 Å². The number of aromatic nitrogens is 1. The highest BCUT2D eigenvalue weighted by Crippen LogP contribution is 2.22. The summed E-state index contributed by atoms with van der Waals surface area (Å²) in [5, 5.41) is 1.08. The molecule has 0 fully saturated rings. The summed E-state index contributed by atoms with van der Waals surface area (Å²) in [6.45, 7) is 10.2. The van der Waals surface area contributed by atoms with Gasteiger partial charge in [-0.2, -0.15) is 0 Å². The average molecular weight is 276 g/mol. The average Bonchev–Trinajstić information content (AvgIpc) is 2.64. The maximum Gasteiger partial charge on any atom is 0.113 e. The van der Waals surface area contributed by atoms with Gasteiger partial charge in [0.2, 0.25) is 0 Å². The van der Waals surface area contributed by atoms with E-state index < -0.39 is 0 Å². The zero-order chi connectivity index (χ0) is 12.9. The first kappa shape index (κ1) is 14.9. The highest BCUT2D eigenvalue weighted by atomic mass is 35.5. The number of hydrogen-bond acceptors (Lipinski definition) is 4. The van der Waals surface area contributed by atoms with Crippen molar-refractivity contribution in [3.05, 3.63) is 15.5 Å². The lowest BCUT2D eigenvalue weighted by Gasteiger charge is -2.31. The van der Waals surface area contributed by atoms with Gasteiger partial charge in [0.05, 0.1) is 12.7 Å². The predicted octanol–water partition coefficient (Wildman–Crippen LogP) is 2.99. The Bertz CT molecular complexity index is 338. The molecular formula is C12H22ClN3S. The van der Waals surface area contributed by atoms with Gasteiger partial charge in [-0.15, -0.1) is 11.3 Å². The molecular weight excluding hydrogens is 254 g/mol. The van der Waals surface area contributed by atoms with Crippen LogP contribution in [0.3, 0.4) is 0 Å². The molecule has 0 aliphatic carbocycles. The lowest BCUT2D eigenvalue weighted by atomic mass is 9.93. The van der Waals surface area contributed by atoms with Crippen LogP contribution in [0, 0.1) is 5.41 Å². The number of hydrogen-bond donors (Lipinski definition) is 1. The van der Waals surface area contributed by atoms with Gasteiger partial charge in [-0.05, 0) is 24.9 Å². The number of nitrogens with two attached hydrogens (primary N) is 1. The van der Waals surface area contributed by atoms with Gasteiger partial charge in [0.15, 0.2) is 0 Å². The van der Waals surface area contributed by atoms with Crippen molar-refractivity contribution in [1.82, 2.24) is 9.88 Å². The zero-order valence-corrected chi connectivity index (χ0v) is 12.4. The molecule has 17 heavy (non-hydrogen) atoms. The van der Waals surface area contributed by atoms with Crippen molar-refractivity contribution in [2.24, 2.45) is 11.1 Å². The van der Waals surface area contributed by atoms with Gasteiger partial charge in [0, 0.05) is 6.54 Å². The van der Waals surface area contributed by atoms with Crippen LogP contribution in [0.15, 0.2) is 6.20 Å². The van der Waals surface area contributed by atoms with Crippen molar-refractivity contribution in [3.63, 3.8) is 0 Å². The van der Waals surface area contributed by atoms with Crippen molar-refractivity contribution >= 4 is 22.9 Å². The van der Waals surface area contributed by atoms with Gasteiger partial charge in [0.25, 0.3) is 0 Å². The Hall–Kier alpha value is -0.160.